The lowest BCUT2D eigenvalue weighted by molar-refractivity contribution is 0.363. The largest absolute Gasteiger partial charge is 0.337 e. The second-order valence-electron chi connectivity index (χ2n) is 6.17. The molecule has 1 aromatic carbocycles. The third-order valence-electron chi connectivity index (χ3n) is 4.17. The zero-order valence-electron chi connectivity index (χ0n) is 15.4. The fourth-order valence-corrected chi connectivity index (χ4v) is 3.03. The Balaban J connectivity index is 1.78. The van der Waals surface area contributed by atoms with Crippen LogP contribution in [0.15, 0.2) is 50.7 Å². The number of rotatable bonds is 6. The number of thiol groups is 1. The van der Waals surface area contributed by atoms with E-state index in [-0.39, 0.29) is 23.2 Å². The second kappa shape index (κ2) is 8.62. The molecule has 0 N–H and O–H groups in total. The lowest BCUT2D eigenvalue weighted by Gasteiger charge is -2.08. The zero-order valence-corrected chi connectivity index (χ0v) is 17.0. The van der Waals surface area contributed by atoms with Gasteiger partial charge in [0.25, 0.3) is 5.56 Å². The first-order chi connectivity index (χ1) is 13.4. The highest BCUT2D eigenvalue weighted by atomic mass is 35.5. The molecule has 0 saturated carbocycles. The van der Waals surface area contributed by atoms with Crippen LogP contribution >= 0.6 is 24.2 Å². The predicted octanol–water partition coefficient (Wildman–Crippen LogP) is 3.11. The molecule has 0 saturated heterocycles. The second-order valence-corrected chi connectivity index (χ2v) is 7.17. The van der Waals surface area contributed by atoms with Crippen molar-refractivity contribution in [2.75, 3.05) is 0 Å². The van der Waals surface area contributed by atoms with Crippen molar-refractivity contribution in [1.29, 1.82) is 0 Å². The molecule has 0 fully saturated rings. The summed E-state index contributed by atoms with van der Waals surface area (Å²) in [4.78, 5) is 28.9. The lowest BCUT2D eigenvalue weighted by atomic mass is 10.1. The molecular formula is C19H19ClN4O3S. The highest BCUT2D eigenvalue weighted by Crippen LogP contribution is 2.23. The van der Waals surface area contributed by atoms with E-state index in [1.807, 2.05) is 25.1 Å². The first-order valence-corrected chi connectivity index (χ1v) is 9.53. The molecule has 1 atom stereocenters. The van der Waals surface area contributed by atoms with Gasteiger partial charge in [-0.05, 0) is 37.6 Å². The van der Waals surface area contributed by atoms with Crippen LogP contribution in [0.3, 0.4) is 0 Å². The number of hydrogen-bond donors (Lipinski definition) is 1. The van der Waals surface area contributed by atoms with Gasteiger partial charge in [0, 0.05) is 28.6 Å². The van der Waals surface area contributed by atoms with Crippen LogP contribution in [0.4, 0.5) is 0 Å². The van der Waals surface area contributed by atoms with Crippen LogP contribution in [0, 0.1) is 6.92 Å². The maximum absolute atomic E-state index is 12.4. The number of hydrogen-bond acceptors (Lipinski definition) is 6. The van der Waals surface area contributed by atoms with Crippen LogP contribution in [0.2, 0.25) is 5.02 Å². The summed E-state index contributed by atoms with van der Waals surface area (Å²) < 4.78 is 7.74. The minimum absolute atomic E-state index is 0.0817. The topological polar surface area (TPSA) is 82.9 Å². The molecule has 0 radical (unpaired) electrons. The number of nitrogens with zero attached hydrogens (tertiary/aromatic N) is 4. The monoisotopic (exact) mass is 418 g/mol. The van der Waals surface area contributed by atoms with Crippen LogP contribution in [0.1, 0.15) is 35.0 Å². The van der Waals surface area contributed by atoms with E-state index in [2.05, 4.69) is 22.8 Å². The molecule has 2 heterocycles. The predicted molar refractivity (Wildman–Crippen MR) is 111 cm³/mol. The maximum atomic E-state index is 12.4. The van der Waals surface area contributed by atoms with Gasteiger partial charge in [0.15, 0.2) is 5.82 Å². The molecule has 0 bridgehead atoms. The van der Waals surface area contributed by atoms with E-state index in [0.29, 0.717) is 23.0 Å². The minimum atomic E-state index is -0.411. The van der Waals surface area contributed by atoms with Gasteiger partial charge in [0.05, 0.1) is 0 Å². The standard InChI is InChI=1S/C19H19ClN4O3S/c1-3-23-10-12(2)18(25)24(19(23)26)11-17-21-16(22-27-17)9-8-15(28)13-4-6-14(20)7-5-13/h4-10,15,28H,3,11H2,1-2H3/b9-8+. The summed E-state index contributed by atoms with van der Waals surface area (Å²) in [6, 6.07) is 7.36. The van der Waals surface area contributed by atoms with E-state index in [4.69, 9.17) is 16.1 Å². The molecule has 0 amide bonds. The fourth-order valence-electron chi connectivity index (χ4n) is 2.65. The molecule has 146 valence electrons. The van der Waals surface area contributed by atoms with E-state index in [1.54, 1.807) is 31.3 Å². The average Bonchev–Trinajstić information content (AvgIpc) is 3.14. The SMILES string of the molecule is CCn1cc(C)c(=O)n(Cc2nc(/C=C/C(S)c3ccc(Cl)cc3)no2)c1=O. The van der Waals surface area contributed by atoms with Gasteiger partial charge < -0.3 is 9.09 Å². The van der Waals surface area contributed by atoms with Crippen LogP contribution in [-0.2, 0) is 13.1 Å². The van der Waals surface area contributed by atoms with Gasteiger partial charge in [-0.3, -0.25) is 9.36 Å². The first kappa shape index (κ1) is 20.2. The Labute approximate surface area is 171 Å². The molecule has 9 heteroatoms. The Morgan fingerprint density at radius 2 is 2.00 bits per heavy atom. The summed E-state index contributed by atoms with van der Waals surface area (Å²) in [5.74, 6) is 0.508. The molecule has 0 aliphatic carbocycles. The molecule has 2 aromatic heterocycles. The maximum Gasteiger partial charge on any atom is 0.331 e. The molecule has 0 aliphatic rings. The molecule has 0 spiro atoms. The first-order valence-electron chi connectivity index (χ1n) is 8.64. The van der Waals surface area contributed by atoms with E-state index in [0.717, 1.165) is 10.1 Å². The third kappa shape index (κ3) is 4.45. The molecule has 7 nitrogen and oxygen atoms in total. The van der Waals surface area contributed by atoms with E-state index in [9.17, 15) is 9.59 Å². The van der Waals surface area contributed by atoms with Crippen LogP contribution in [-0.4, -0.2) is 19.3 Å². The summed E-state index contributed by atoms with van der Waals surface area (Å²) in [7, 11) is 0. The number of aromatic nitrogens is 4. The van der Waals surface area contributed by atoms with Crippen molar-refractivity contribution in [2.45, 2.75) is 32.2 Å². The van der Waals surface area contributed by atoms with Crippen LogP contribution in [0.25, 0.3) is 6.08 Å². The van der Waals surface area contributed by atoms with Crippen molar-refractivity contribution in [1.82, 2.24) is 19.3 Å². The highest BCUT2D eigenvalue weighted by Gasteiger charge is 2.12. The van der Waals surface area contributed by atoms with Crippen molar-refractivity contribution < 1.29 is 4.52 Å². The van der Waals surface area contributed by atoms with Gasteiger partial charge in [-0.25, -0.2) is 4.79 Å². The average molecular weight is 419 g/mol. The Morgan fingerprint density at radius 3 is 2.68 bits per heavy atom. The molecule has 3 aromatic rings. The summed E-state index contributed by atoms with van der Waals surface area (Å²) in [6.45, 7) is 3.88. The Kier molecular flexibility index (Phi) is 6.21. The van der Waals surface area contributed by atoms with Crippen molar-refractivity contribution in [3.63, 3.8) is 0 Å². The number of benzene rings is 1. The Morgan fingerprint density at radius 1 is 1.29 bits per heavy atom. The molecule has 0 aliphatic heterocycles. The number of aryl methyl sites for hydroxylation is 2. The van der Waals surface area contributed by atoms with Gasteiger partial charge in [0.1, 0.15) is 6.54 Å². The fraction of sp³-hybridized carbons (Fsp3) is 0.263. The van der Waals surface area contributed by atoms with Crippen LogP contribution in [0.5, 0.6) is 0 Å². The minimum Gasteiger partial charge on any atom is -0.337 e. The van der Waals surface area contributed by atoms with Gasteiger partial charge >= 0.3 is 5.69 Å². The van der Waals surface area contributed by atoms with Gasteiger partial charge in [0.2, 0.25) is 5.89 Å². The zero-order chi connectivity index (χ0) is 20.3. The highest BCUT2D eigenvalue weighted by molar-refractivity contribution is 7.80. The summed E-state index contributed by atoms with van der Waals surface area (Å²) in [5.41, 5.74) is 0.663. The lowest BCUT2D eigenvalue weighted by Crippen LogP contribution is -2.40. The van der Waals surface area contributed by atoms with Crippen LogP contribution < -0.4 is 11.2 Å². The summed E-state index contributed by atoms with van der Waals surface area (Å²) in [5, 5.41) is 4.35. The van der Waals surface area contributed by atoms with Crippen molar-refractivity contribution in [2.24, 2.45) is 0 Å². The molecule has 3 rings (SSSR count). The third-order valence-corrected chi connectivity index (χ3v) is 4.89. The summed E-state index contributed by atoms with van der Waals surface area (Å²) in [6.07, 6.45) is 5.03. The van der Waals surface area contributed by atoms with Gasteiger partial charge in [-0.15, -0.1) is 0 Å². The van der Waals surface area contributed by atoms with Crippen molar-refractivity contribution in [3.05, 3.63) is 85.2 Å². The normalized spacial score (nSPS) is 12.6. The number of halogens is 1. The molecule has 1 unspecified atom stereocenters. The van der Waals surface area contributed by atoms with E-state index < -0.39 is 5.69 Å². The summed E-state index contributed by atoms with van der Waals surface area (Å²) >= 11 is 10.4. The van der Waals surface area contributed by atoms with Crippen molar-refractivity contribution >= 4 is 30.3 Å². The van der Waals surface area contributed by atoms with E-state index in [1.165, 1.54) is 4.57 Å². The van der Waals surface area contributed by atoms with E-state index >= 15 is 0 Å². The van der Waals surface area contributed by atoms with Crippen molar-refractivity contribution in [3.8, 4) is 0 Å². The quantitative estimate of drug-likeness (QED) is 0.622. The molecule has 28 heavy (non-hydrogen) atoms. The van der Waals surface area contributed by atoms with Gasteiger partial charge in [-0.2, -0.15) is 17.6 Å². The Hall–Kier alpha value is -2.58. The Bertz CT molecular complexity index is 1120. The smallest absolute Gasteiger partial charge is 0.331 e. The molecular weight excluding hydrogens is 400 g/mol. The van der Waals surface area contributed by atoms with Gasteiger partial charge in [-0.1, -0.05) is 35.0 Å².